The summed E-state index contributed by atoms with van der Waals surface area (Å²) in [4.78, 5) is 11.2. The Morgan fingerprint density at radius 2 is 1.91 bits per heavy atom. The summed E-state index contributed by atoms with van der Waals surface area (Å²) in [5.74, 6) is 1.22. The maximum absolute atomic E-state index is 11.2. The Labute approximate surface area is 66.2 Å². The van der Waals surface area contributed by atoms with Gasteiger partial charge in [0.05, 0.1) is 0 Å². The molecule has 2 heteroatoms. The second-order valence-electron chi connectivity index (χ2n) is 3.17. The van der Waals surface area contributed by atoms with E-state index in [4.69, 9.17) is 4.74 Å². The van der Waals surface area contributed by atoms with Crippen LogP contribution in [0.4, 0.5) is 0 Å². The molecule has 11 heavy (non-hydrogen) atoms. The molecule has 0 spiro atoms. The maximum Gasteiger partial charge on any atom is 0.199 e. The van der Waals surface area contributed by atoms with Crippen molar-refractivity contribution in [2.45, 2.75) is 32.1 Å². The van der Waals surface area contributed by atoms with Crippen LogP contribution in [-0.4, -0.2) is 12.4 Å². The lowest BCUT2D eigenvalue weighted by Crippen LogP contribution is -2.00. The van der Waals surface area contributed by atoms with Crippen molar-refractivity contribution in [3.05, 3.63) is 11.3 Å². The Morgan fingerprint density at radius 1 is 1.09 bits per heavy atom. The van der Waals surface area contributed by atoms with Gasteiger partial charge in [0, 0.05) is 12.0 Å². The monoisotopic (exact) mass is 152 g/mol. The molecule has 1 aliphatic heterocycles. The second kappa shape index (κ2) is 2.68. The van der Waals surface area contributed by atoms with Gasteiger partial charge in [0.15, 0.2) is 12.4 Å². The molecular formula is C9H12O2. The normalized spacial score (nSPS) is 24.5. The number of rotatable bonds is 0. The van der Waals surface area contributed by atoms with Gasteiger partial charge in [-0.2, -0.15) is 0 Å². The number of allylic oxidation sites excluding steroid dienone is 1. The molecule has 60 valence electrons. The van der Waals surface area contributed by atoms with Crippen LogP contribution in [0.25, 0.3) is 0 Å². The summed E-state index contributed by atoms with van der Waals surface area (Å²) in [7, 11) is 0. The van der Waals surface area contributed by atoms with Crippen LogP contribution in [0.5, 0.6) is 0 Å². The van der Waals surface area contributed by atoms with Crippen LogP contribution in [-0.2, 0) is 9.53 Å². The highest BCUT2D eigenvalue weighted by Crippen LogP contribution is 2.29. The fraction of sp³-hybridized carbons (Fsp3) is 0.667. The van der Waals surface area contributed by atoms with E-state index in [2.05, 4.69) is 0 Å². The van der Waals surface area contributed by atoms with Crippen molar-refractivity contribution in [2.75, 3.05) is 6.61 Å². The summed E-state index contributed by atoms with van der Waals surface area (Å²) in [6.45, 7) is 0.310. The molecule has 0 radical (unpaired) electrons. The van der Waals surface area contributed by atoms with Crippen molar-refractivity contribution in [3.63, 3.8) is 0 Å². The summed E-state index contributed by atoms with van der Waals surface area (Å²) in [6, 6.07) is 0. The first-order valence-corrected chi connectivity index (χ1v) is 4.26. The van der Waals surface area contributed by atoms with Crippen LogP contribution in [0.15, 0.2) is 11.3 Å². The summed E-state index contributed by atoms with van der Waals surface area (Å²) in [5.41, 5.74) is 0.988. The van der Waals surface area contributed by atoms with E-state index < -0.39 is 0 Å². The van der Waals surface area contributed by atoms with E-state index in [-0.39, 0.29) is 5.78 Å². The molecule has 0 aromatic rings. The largest absolute Gasteiger partial charge is 0.489 e. The quantitative estimate of drug-likeness (QED) is 0.529. The van der Waals surface area contributed by atoms with E-state index in [0.29, 0.717) is 6.61 Å². The van der Waals surface area contributed by atoms with Crippen LogP contribution in [0, 0.1) is 0 Å². The number of hydrogen-bond donors (Lipinski definition) is 0. The number of carbonyl (C=O) groups is 1. The standard InChI is InChI=1S/C9H12O2/c10-8-6-11-9-5-3-1-2-4-7(8)9/h1-6H2. The molecule has 0 saturated carbocycles. The molecule has 2 nitrogen and oxygen atoms in total. The van der Waals surface area contributed by atoms with Crippen molar-refractivity contribution < 1.29 is 9.53 Å². The van der Waals surface area contributed by atoms with Gasteiger partial charge in [-0.1, -0.05) is 6.42 Å². The highest BCUT2D eigenvalue weighted by molar-refractivity contribution is 5.98. The predicted molar refractivity (Wildman–Crippen MR) is 41.1 cm³/mol. The number of ether oxygens (including phenoxy) is 1. The molecular weight excluding hydrogens is 140 g/mol. The molecule has 1 aliphatic carbocycles. The van der Waals surface area contributed by atoms with E-state index in [9.17, 15) is 4.79 Å². The average Bonchev–Trinajstić information content (AvgIpc) is 2.25. The van der Waals surface area contributed by atoms with Crippen molar-refractivity contribution in [1.29, 1.82) is 0 Å². The smallest absolute Gasteiger partial charge is 0.199 e. The zero-order chi connectivity index (χ0) is 7.68. The first-order chi connectivity index (χ1) is 5.38. The molecule has 0 amide bonds. The maximum atomic E-state index is 11.2. The van der Waals surface area contributed by atoms with Gasteiger partial charge in [-0.3, -0.25) is 4.79 Å². The molecule has 0 atom stereocenters. The first-order valence-electron chi connectivity index (χ1n) is 4.26. The lowest BCUT2D eigenvalue weighted by atomic mass is 10.1. The Balaban J connectivity index is 2.22. The first kappa shape index (κ1) is 6.89. The minimum atomic E-state index is 0.224. The van der Waals surface area contributed by atoms with E-state index in [1.165, 1.54) is 12.8 Å². The Bertz CT molecular complexity index is 216. The fourth-order valence-corrected chi connectivity index (χ4v) is 1.75. The molecule has 0 fully saturated rings. The molecule has 0 aromatic heterocycles. The molecule has 2 rings (SSSR count). The molecule has 1 heterocycles. The van der Waals surface area contributed by atoms with Crippen LogP contribution in [0.3, 0.4) is 0 Å². The fourth-order valence-electron chi connectivity index (χ4n) is 1.75. The van der Waals surface area contributed by atoms with Gasteiger partial charge in [0.1, 0.15) is 5.76 Å². The third-order valence-electron chi connectivity index (χ3n) is 2.38. The third kappa shape index (κ3) is 1.17. The third-order valence-corrected chi connectivity index (χ3v) is 2.38. The number of Topliss-reactive ketones (excluding diaryl/α,β-unsaturated/α-hetero) is 1. The number of carbonyl (C=O) groups excluding carboxylic acids is 1. The number of hydrogen-bond acceptors (Lipinski definition) is 2. The van der Waals surface area contributed by atoms with Gasteiger partial charge in [-0.25, -0.2) is 0 Å². The second-order valence-corrected chi connectivity index (χ2v) is 3.17. The van der Waals surface area contributed by atoms with Crippen LogP contribution >= 0.6 is 0 Å². The van der Waals surface area contributed by atoms with Crippen molar-refractivity contribution in [2.24, 2.45) is 0 Å². The molecule has 0 aromatic carbocycles. The van der Waals surface area contributed by atoms with Gasteiger partial charge >= 0.3 is 0 Å². The van der Waals surface area contributed by atoms with E-state index in [0.717, 1.165) is 30.6 Å². The minimum Gasteiger partial charge on any atom is -0.489 e. The lowest BCUT2D eigenvalue weighted by Gasteiger charge is -1.98. The van der Waals surface area contributed by atoms with Crippen molar-refractivity contribution in [3.8, 4) is 0 Å². The van der Waals surface area contributed by atoms with E-state index in [1.807, 2.05) is 0 Å². The molecule has 0 saturated heterocycles. The van der Waals surface area contributed by atoms with Crippen LogP contribution in [0.2, 0.25) is 0 Å². The molecule has 0 bridgehead atoms. The summed E-state index contributed by atoms with van der Waals surface area (Å²) < 4.78 is 5.28. The van der Waals surface area contributed by atoms with Crippen LogP contribution in [0.1, 0.15) is 32.1 Å². The number of ketones is 1. The Kier molecular flexibility index (Phi) is 1.68. The Morgan fingerprint density at radius 3 is 2.82 bits per heavy atom. The van der Waals surface area contributed by atoms with Gasteiger partial charge in [0.25, 0.3) is 0 Å². The molecule has 2 aliphatic rings. The molecule has 0 unspecified atom stereocenters. The summed E-state index contributed by atoms with van der Waals surface area (Å²) in [6.07, 6.45) is 5.53. The van der Waals surface area contributed by atoms with Gasteiger partial charge < -0.3 is 4.74 Å². The Hall–Kier alpha value is -0.790. The summed E-state index contributed by atoms with van der Waals surface area (Å²) in [5, 5.41) is 0. The van der Waals surface area contributed by atoms with Gasteiger partial charge in [-0.15, -0.1) is 0 Å². The predicted octanol–water partition coefficient (Wildman–Crippen LogP) is 1.80. The van der Waals surface area contributed by atoms with Crippen LogP contribution < -0.4 is 0 Å². The topological polar surface area (TPSA) is 26.3 Å². The van der Waals surface area contributed by atoms with Gasteiger partial charge in [-0.05, 0) is 19.3 Å². The highest BCUT2D eigenvalue weighted by Gasteiger charge is 2.25. The van der Waals surface area contributed by atoms with E-state index >= 15 is 0 Å². The van der Waals surface area contributed by atoms with E-state index in [1.54, 1.807) is 0 Å². The zero-order valence-corrected chi connectivity index (χ0v) is 6.56. The van der Waals surface area contributed by atoms with Crippen molar-refractivity contribution in [1.82, 2.24) is 0 Å². The van der Waals surface area contributed by atoms with Crippen molar-refractivity contribution >= 4 is 5.78 Å². The minimum absolute atomic E-state index is 0.224. The van der Waals surface area contributed by atoms with Gasteiger partial charge in [0.2, 0.25) is 0 Å². The lowest BCUT2D eigenvalue weighted by molar-refractivity contribution is -0.116. The zero-order valence-electron chi connectivity index (χ0n) is 6.56. The summed E-state index contributed by atoms with van der Waals surface area (Å²) >= 11 is 0. The highest BCUT2D eigenvalue weighted by atomic mass is 16.5. The molecule has 0 N–H and O–H groups in total. The SMILES string of the molecule is O=C1COC2=C1CCCCC2. The average molecular weight is 152 g/mol.